The first-order valence-electron chi connectivity index (χ1n) is 9.80. The number of halogens is 1. The summed E-state index contributed by atoms with van der Waals surface area (Å²) in [6, 6.07) is 12.3. The van der Waals surface area contributed by atoms with Gasteiger partial charge in [0.25, 0.3) is 0 Å². The number of aromatic nitrogens is 1. The van der Waals surface area contributed by atoms with Gasteiger partial charge in [-0.25, -0.2) is 4.39 Å². The van der Waals surface area contributed by atoms with Gasteiger partial charge in [-0.2, -0.15) is 0 Å². The zero-order chi connectivity index (χ0) is 18.7. The molecule has 1 amide bonds. The second kappa shape index (κ2) is 7.77. The minimum absolute atomic E-state index is 0.142. The number of carbonyl (C=O) groups excluding carboxylic acids is 1. The Balaban J connectivity index is 1.46. The van der Waals surface area contributed by atoms with Crippen LogP contribution in [0.1, 0.15) is 30.5 Å². The van der Waals surface area contributed by atoms with E-state index >= 15 is 0 Å². The summed E-state index contributed by atoms with van der Waals surface area (Å²) < 4.78 is 13.2. The lowest BCUT2D eigenvalue weighted by Crippen LogP contribution is -2.37. The molecule has 2 fully saturated rings. The Morgan fingerprint density at radius 3 is 2.67 bits per heavy atom. The lowest BCUT2D eigenvalue weighted by atomic mass is 9.91. The predicted molar refractivity (Wildman–Crippen MR) is 102 cm³/mol. The molecule has 1 saturated carbocycles. The Kier molecular flexibility index (Phi) is 5.21. The van der Waals surface area contributed by atoms with Gasteiger partial charge in [-0.15, -0.1) is 0 Å². The predicted octanol–water partition coefficient (Wildman–Crippen LogP) is 3.18. The van der Waals surface area contributed by atoms with Gasteiger partial charge >= 0.3 is 0 Å². The topological polar surface area (TPSA) is 45.2 Å². The largest absolute Gasteiger partial charge is 0.338 e. The van der Waals surface area contributed by atoms with Gasteiger partial charge < -0.3 is 10.2 Å². The van der Waals surface area contributed by atoms with Gasteiger partial charge in [-0.05, 0) is 67.6 Å². The van der Waals surface area contributed by atoms with Crippen molar-refractivity contribution in [3.8, 4) is 0 Å². The third kappa shape index (κ3) is 4.19. The maximum atomic E-state index is 13.3. The Morgan fingerprint density at radius 2 is 1.96 bits per heavy atom. The summed E-state index contributed by atoms with van der Waals surface area (Å²) in [5.74, 6) is 0.141. The van der Waals surface area contributed by atoms with Crippen LogP contribution in [-0.2, 0) is 17.8 Å². The third-order valence-corrected chi connectivity index (χ3v) is 6.05. The van der Waals surface area contributed by atoms with Gasteiger partial charge in [0.1, 0.15) is 5.82 Å². The summed E-state index contributed by atoms with van der Waals surface area (Å²) in [6.45, 7) is 3.18. The molecule has 142 valence electrons. The molecule has 1 atom stereocenters. The van der Waals surface area contributed by atoms with Crippen molar-refractivity contribution in [2.45, 2.75) is 32.2 Å². The first kappa shape index (κ1) is 18.1. The summed E-state index contributed by atoms with van der Waals surface area (Å²) >= 11 is 0. The van der Waals surface area contributed by atoms with E-state index in [-0.39, 0.29) is 23.1 Å². The van der Waals surface area contributed by atoms with Gasteiger partial charge in [0.15, 0.2) is 0 Å². The van der Waals surface area contributed by atoms with Crippen LogP contribution in [-0.4, -0.2) is 35.4 Å². The van der Waals surface area contributed by atoms with E-state index in [9.17, 15) is 9.18 Å². The molecule has 1 aromatic carbocycles. The van der Waals surface area contributed by atoms with E-state index in [0.29, 0.717) is 13.1 Å². The molecular weight excluding hydrogens is 341 g/mol. The number of hydrogen-bond donors (Lipinski definition) is 1. The van der Waals surface area contributed by atoms with Gasteiger partial charge in [-0.1, -0.05) is 18.2 Å². The smallest absolute Gasteiger partial charge is 0.226 e. The van der Waals surface area contributed by atoms with Gasteiger partial charge in [-0.3, -0.25) is 9.78 Å². The number of pyridine rings is 1. The van der Waals surface area contributed by atoms with Crippen LogP contribution in [0.3, 0.4) is 0 Å². The first-order chi connectivity index (χ1) is 13.2. The van der Waals surface area contributed by atoms with Crippen molar-refractivity contribution >= 4 is 5.91 Å². The van der Waals surface area contributed by atoms with Crippen LogP contribution in [0, 0.1) is 17.2 Å². The highest BCUT2D eigenvalue weighted by molar-refractivity contribution is 5.82. The van der Waals surface area contributed by atoms with E-state index in [1.54, 1.807) is 18.3 Å². The average Bonchev–Trinajstić information content (AvgIpc) is 3.40. The number of rotatable bonds is 6. The summed E-state index contributed by atoms with van der Waals surface area (Å²) in [7, 11) is 0. The lowest BCUT2D eigenvalue weighted by molar-refractivity contribution is -0.134. The highest BCUT2D eigenvalue weighted by atomic mass is 19.1. The van der Waals surface area contributed by atoms with Gasteiger partial charge in [0.05, 0.1) is 0 Å². The first-order valence-corrected chi connectivity index (χ1v) is 9.80. The molecule has 0 radical (unpaired) electrons. The molecular formula is C22H26FN3O. The minimum atomic E-state index is -0.249. The average molecular weight is 367 g/mol. The van der Waals surface area contributed by atoms with Crippen LogP contribution in [0.25, 0.3) is 0 Å². The maximum Gasteiger partial charge on any atom is 0.226 e. The van der Waals surface area contributed by atoms with E-state index in [0.717, 1.165) is 50.0 Å². The van der Waals surface area contributed by atoms with Gasteiger partial charge in [0.2, 0.25) is 5.91 Å². The lowest BCUT2D eigenvalue weighted by Gasteiger charge is -2.27. The van der Waals surface area contributed by atoms with E-state index in [2.05, 4.69) is 10.3 Å². The number of hydrogen-bond acceptors (Lipinski definition) is 3. The summed E-state index contributed by atoms with van der Waals surface area (Å²) in [5.41, 5.74) is 2.17. The molecule has 1 aliphatic heterocycles. The summed E-state index contributed by atoms with van der Waals surface area (Å²) in [5, 5.41) is 3.39. The van der Waals surface area contributed by atoms with E-state index < -0.39 is 0 Å². The number of carbonyl (C=O) groups is 1. The highest BCUT2D eigenvalue weighted by Crippen LogP contribution is 2.59. The number of nitrogens with one attached hydrogen (secondary N) is 1. The highest BCUT2D eigenvalue weighted by Gasteiger charge is 2.58. The van der Waals surface area contributed by atoms with Crippen molar-refractivity contribution in [1.82, 2.24) is 15.2 Å². The van der Waals surface area contributed by atoms with Gasteiger partial charge in [0, 0.05) is 37.3 Å². The summed E-state index contributed by atoms with van der Waals surface area (Å²) in [6.07, 6.45) is 5.71. The number of piperidine rings is 1. The fourth-order valence-corrected chi connectivity index (χ4v) is 4.27. The van der Waals surface area contributed by atoms with Crippen molar-refractivity contribution < 1.29 is 9.18 Å². The second-order valence-electron chi connectivity index (χ2n) is 7.83. The van der Waals surface area contributed by atoms with E-state index in [1.807, 2.05) is 23.1 Å². The van der Waals surface area contributed by atoms with Crippen LogP contribution in [0.15, 0.2) is 48.7 Å². The summed E-state index contributed by atoms with van der Waals surface area (Å²) in [4.78, 5) is 19.6. The Morgan fingerprint density at radius 1 is 1.19 bits per heavy atom. The quantitative estimate of drug-likeness (QED) is 0.853. The molecule has 2 heterocycles. The zero-order valence-corrected chi connectivity index (χ0v) is 15.5. The van der Waals surface area contributed by atoms with Crippen LogP contribution in [0.2, 0.25) is 0 Å². The van der Waals surface area contributed by atoms with Crippen LogP contribution in [0.5, 0.6) is 0 Å². The Bertz CT molecular complexity index is 772. The fraction of sp³-hybridized carbons (Fsp3) is 0.455. The van der Waals surface area contributed by atoms with Crippen molar-refractivity contribution in [1.29, 1.82) is 0 Å². The Hall–Kier alpha value is -2.27. The fourth-order valence-electron chi connectivity index (χ4n) is 4.27. The number of amides is 1. The SMILES string of the molecule is O=C(C1CC12CCNCC2)N(CCc1ccccn1)Cc1ccc(F)cc1. The molecule has 1 unspecified atom stereocenters. The maximum absolute atomic E-state index is 13.3. The number of nitrogens with zero attached hydrogens (tertiary/aromatic N) is 2. The number of benzene rings is 1. The molecule has 2 aromatic rings. The van der Waals surface area contributed by atoms with Crippen molar-refractivity contribution in [3.05, 3.63) is 65.7 Å². The standard InChI is InChI=1S/C22H26FN3O/c23-18-6-4-17(5-7-18)16-26(14-8-19-3-1-2-11-25-19)21(27)20-15-22(20)9-12-24-13-10-22/h1-7,11,20,24H,8-10,12-16H2. The second-order valence-corrected chi connectivity index (χ2v) is 7.83. The molecule has 5 heteroatoms. The molecule has 1 spiro atoms. The van der Waals surface area contributed by atoms with Crippen molar-refractivity contribution in [2.75, 3.05) is 19.6 Å². The molecule has 4 rings (SSSR count). The Labute approximate surface area is 159 Å². The normalized spacial score (nSPS) is 20.4. The monoisotopic (exact) mass is 367 g/mol. The molecule has 4 nitrogen and oxygen atoms in total. The molecule has 27 heavy (non-hydrogen) atoms. The third-order valence-electron chi connectivity index (χ3n) is 6.05. The van der Waals surface area contributed by atoms with Crippen LogP contribution < -0.4 is 5.32 Å². The molecule has 1 aliphatic carbocycles. The molecule has 2 aliphatic rings. The molecule has 0 bridgehead atoms. The van der Waals surface area contributed by atoms with Crippen LogP contribution in [0.4, 0.5) is 4.39 Å². The van der Waals surface area contributed by atoms with Crippen molar-refractivity contribution in [3.63, 3.8) is 0 Å². The molecule has 1 aromatic heterocycles. The van der Waals surface area contributed by atoms with Crippen LogP contribution >= 0.6 is 0 Å². The van der Waals surface area contributed by atoms with E-state index in [1.165, 1.54) is 12.1 Å². The molecule has 1 saturated heterocycles. The van der Waals surface area contributed by atoms with E-state index in [4.69, 9.17) is 0 Å². The van der Waals surface area contributed by atoms with Crippen molar-refractivity contribution in [2.24, 2.45) is 11.3 Å². The zero-order valence-electron chi connectivity index (χ0n) is 15.5. The molecule has 1 N–H and O–H groups in total. The minimum Gasteiger partial charge on any atom is -0.338 e.